The molecule has 0 heterocycles. The van der Waals surface area contributed by atoms with Gasteiger partial charge in [-0.05, 0) is 91.7 Å². The van der Waals surface area contributed by atoms with Crippen LogP contribution in [-0.4, -0.2) is 0 Å². The highest BCUT2D eigenvalue weighted by molar-refractivity contribution is 5.32. The first-order valence-electron chi connectivity index (χ1n) is 10.6. The van der Waals surface area contributed by atoms with Gasteiger partial charge in [-0.15, -0.1) is 0 Å². The fourth-order valence-corrected chi connectivity index (χ4v) is 4.69. The summed E-state index contributed by atoms with van der Waals surface area (Å²) in [6.45, 7) is 5.85. The fraction of sp³-hybridized carbons (Fsp3) is 0.520. The van der Waals surface area contributed by atoms with E-state index in [-0.39, 0.29) is 29.6 Å². The van der Waals surface area contributed by atoms with Crippen LogP contribution in [0.3, 0.4) is 0 Å². The molecule has 0 N–H and O–H groups in total. The van der Waals surface area contributed by atoms with E-state index in [1.165, 1.54) is 31.0 Å². The summed E-state index contributed by atoms with van der Waals surface area (Å²) in [5.74, 6) is -0.581. The molecule has 3 rings (SSSR count). The van der Waals surface area contributed by atoms with Crippen molar-refractivity contribution in [2.45, 2.75) is 77.6 Å². The first kappa shape index (κ1) is 21.0. The molecule has 2 aromatic carbocycles. The van der Waals surface area contributed by atoms with Gasteiger partial charge in [-0.25, -0.2) is 13.2 Å². The summed E-state index contributed by atoms with van der Waals surface area (Å²) in [6, 6.07) is 8.05. The molecule has 3 heteroatoms. The first-order valence-corrected chi connectivity index (χ1v) is 10.6. The third-order valence-corrected chi connectivity index (χ3v) is 6.38. The number of benzene rings is 2. The normalized spacial score (nSPS) is 20.9. The van der Waals surface area contributed by atoms with Gasteiger partial charge in [-0.2, -0.15) is 0 Å². The van der Waals surface area contributed by atoms with Crippen LogP contribution in [0.2, 0.25) is 0 Å². The maximum atomic E-state index is 14.8. The largest absolute Gasteiger partial charge is 0.207 e. The molecule has 2 aromatic rings. The fourth-order valence-electron chi connectivity index (χ4n) is 4.69. The molecular formula is C25H31F3. The molecule has 28 heavy (non-hydrogen) atoms. The summed E-state index contributed by atoms with van der Waals surface area (Å²) in [4.78, 5) is 0. The zero-order valence-corrected chi connectivity index (χ0v) is 17.2. The van der Waals surface area contributed by atoms with E-state index in [0.717, 1.165) is 42.7 Å². The van der Waals surface area contributed by atoms with Crippen LogP contribution in [0, 0.1) is 30.3 Å². The number of hydrogen-bond acceptors (Lipinski definition) is 0. The molecule has 0 bridgehead atoms. The number of aryl methyl sites for hydroxylation is 1. The highest BCUT2D eigenvalue weighted by Gasteiger charge is 2.24. The van der Waals surface area contributed by atoms with Gasteiger partial charge in [0.25, 0.3) is 0 Å². The van der Waals surface area contributed by atoms with Crippen molar-refractivity contribution < 1.29 is 13.2 Å². The molecule has 0 nitrogen and oxygen atoms in total. The van der Waals surface area contributed by atoms with Crippen LogP contribution in [0.25, 0.3) is 0 Å². The smallest absolute Gasteiger partial charge is 0.129 e. The second-order valence-corrected chi connectivity index (χ2v) is 8.60. The zero-order chi connectivity index (χ0) is 20.3. The highest BCUT2D eigenvalue weighted by Crippen LogP contribution is 2.38. The summed E-state index contributed by atoms with van der Waals surface area (Å²) in [5.41, 5.74) is 2.19. The molecule has 0 unspecified atom stereocenters. The molecule has 152 valence electrons. The topological polar surface area (TPSA) is 0 Å². The van der Waals surface area contributed by atoms with E-state index >= 15 is 0 Å². The second kappa shape index (κ2) is 9.15. The number of halogens is 3. The molecule has 0 aromatic heterocycles. The maximum absolute atomic E-state index is 14.8. The first-order chi connectivity index (χ1) is 13.4. The minimum Gasteiger partial charge on any atom is -0.207 e. The van der Waals surface area contributed by atoms with Crippen molar-refractivity contribution in [3.8, 4) is 0 Å². The lowest BCUT2D eigenvalue weighted by Gasteiger charge is -2.29. The molecular weight excluding hydrogens is 357 g/mol. The van der Waals surface area contributed by atoms with E-state index in [1.54, 1.807) is 6.07 Å². The van der Waals surface area contributed by atoms with Crippen LogP contribution in [0.1, 0.15) is 86.5 Å². The second-order valence-electron chi connectivity index (χ2n) is 8.60. The summed E-state index contributed by atoms with van der Waals surface area (Å²) in [6.07, 6.45) is 6.91. The van der Waals surface area contributed by atoms with Crippen molar-refractivity contribution in [3.63, 3.8) is 0 Å². The van der Waals surface area contributed by atoms with Gasteiger partial charge in [0.15, 0.2) is 0 Å². The van der Waals surface area contributed by atoms with Crippen LogP contribution in [0.15, 0.2) is 30.3 Å². The SMILES string of the molecule is CCCC1CCC(c2cc(F)c(C[C@@H](C)c3ccc(C)cc3F)c(F)c2)CC1. The van der Waals surface area contributed by atoms with Crippen molar-refractivity contribution in [1.82, 2.24) is 0 Å². The minimum atomic E-state index is -0.495. The lowest BCUT2D eigenvalue weighted by molar-refractivity contribution is 0.307. The Labute approximate surface area is 167 Å². The summed E-state index contributed by atoms with van der Waals surface area (Å²) in [7, 11) is 0. The van der Waals surface area contributed by atoms with Crippen molar-refractivity contribution in [1.29, 1.82) is 0 Å². The summed E-state index contributed by atoms with van der Waals surface area (Å²) >= 11 is 0. The average Bonchev–Trinajstić information content (AvgIpc) is 2.65. The van der Waals surface area contributed by atoms with Crippen molar-refractivity contribution >= 4 is 0 Å². The predicted molar refractivity (Wildman–Crippen MR) is 109 cm³/mol. The Balaban J connectivity index is 1.73. The van der Waals surface area contributed by atoms with Gasteiger partial charge >= 0.3 is 0 Å². The van der Waals surface area contributed by atoms with Crippen molar-refractivity contribution in [2.75, 3.05) is 0 Å². The van der Waals surface area contributed by atoms with E-state index in [4.69, 9.17) is 0 Å². The Morgan fingerprint density at radius 3 is 2.14 bits per heavy atom. The summed E-state index contributed by atoms with van der Waals surface area (Å²) in [5, 5.41) is 0. The Morgan fingerprint density at radius 1 is 0.929 bits per heavy atom. The van der Waals surface area contributed by atoms with Crippen LogP contribution in [0.4, 0.5) is 13.2 Å². The molecule has 0 amide bonds. The van der Waals surface area contributed by atoms with E-state index in [0.29, 0.717) is 5.56 Å². The zero-order valence-electron chi connectivity index (χ0n) is 17.2. The predicted octanol–water partition coefficient (Wildman–Crippen LogP) is 7.83. The van der Waals surface area contributed by atoms with Crippen LogP contribution < -0.4 is 0 Å². The summed E-state index contributed by atoms with van der Waals surface area (Å²) < 4.78 is 43.8. The lowest BCUT2D eigenvalue weighted by atomic mass is 9.77. The van der Waals surface area contributed by atoms with Gasteiger partial charge in [0, 0.05) is 5.56 Å². The van der Waals surface area contributed by atoms with Gasteiger partial charge in [-0.1, -0.05) is 38.8 Å². The standard InChI is InChI=1S/C25H31F3/c1-4-5-18-7-9-19(10-8-18)20-14-24(27)22(25(28)15-20)13-17(3)21-11-6-16(2)12-23(21)26/h6,11-12,14-15,17-19H,4-5,7-10,13H2,1-3H3/t17-,18?,19?/m1/s1. The van der Waals surface area contributed by atoms with Gasteiger partial charge in [0.05, 0.1) is 0 Å². The van der Waals surface area contributed by atoms with E-state index < -0.39 is 11.6 Å². The van der Waals surface area contributed by atoms with Crippen molar-refractivity contribution in [3.05, 3.63) is 70.0 Å². The molecule has 1 aliphatic carbocycles. The molecule has 1 fully saturated rings. The van der Waals surface area contributed by atoms with Crippen LogP contribution in [-0.2, 0) is 6.42 Å². The quantitative estimate of drug-likeness (QED) is 0.473. The molecule has 1 saturated carbocycles. The minimum absolute atomic E-state index is 0.0656. The van der Waals surface area contributed by atoms with Gasteiger partial charge < -0.3 is 0 Å². The van der Waals surface area contributed by atoms with Gasteiger partial charge in [0.1, 0.15) is 17.5 Å². The lowest BCUT2D eigenvalue weighted by Crippen LogP contribution is -2.14. The Morgan fingerprint density at radius 2 is 1.57 bits per heavy atom. The molecule has 0 saturated heterocycles. The average molecular weight is 389 g/mol. The molecule has 1 atom stereocenters. The Kier molecular flexibility index (Phi) is 6.85. The monoisotopic (exact) mass is 388 g/mol. The Hall–Kier alpha value is -1.77. The molecule has 0 spiro atoms. The van der Waals surface area contributed by atoms with Crippen LogP contribution in [0.5, 0.6) is 0 Å². The molecule has 0 radical (unpaired) electrons. The maximum Gasteiger partial charge on any atom is 0.129 e. The Bertz CT molecular complexity index is 780. The third-order valence-electron chi connectivity index (χ3n) is 6.38. The highest BCUT2D eigenvalue weighted by atomic mass is 19.1. The van der Waals surface area contributed by atoms with Gasteiger partial charge in [0.2, 0.25) is 0 Å². The number of hydrogen-bond donors (Lipinski definition) is 0. The van der Waals surface area contributed by atoms with Gasteiger partial charge in [-0.3, -0.25) is 0 Å². The van der Waals surface area contributed by atoms with E-state index in [2.05, 4.69) is 6.92 Å². The number of rotatable bonds is 6. The van der Waals surface area contributed by atoms with E-state index in [1.807, 2.05) is 19.9 Å². The van der Waals surface area contributed by atoms with E-state index in [9.17, 15) is 13.2 Å². The molecule has 1 aliphatic rings. The van der Waals surface area contributed by atoms with Crippen LogP contribution >= 0.6 is 0 Å². The molecule has 0 aliphatic heterocycles. The third kappa shape index (κ3) is 4.79. The van der Waals surface area contributed by atoms with Crippen molar-refractivity contribution in [2.24, 2.45) is 5.92 Å².